The Hall–Kier alpha value is -1.90. The Labute approximate surface area is 161 Å². The van der Waals surface area contributed by atoms with Crippen LogP contribution in [0, 0.1) is 0 Å². The zero-order chi connectivity index (χ0) is 18.7. The first-order valence-corrected chi connectivity index (χ1v) is 10.3. The van der Waals surface area contributed by atoms with Gasteiger partial charge in [0.1, 0.15) is 5.75 Å². The number of ether oxygens (including phenoxy) is 1. The summed E-state index contributed by atoms with van der Waals surface area (Å²) in [7, 11) is -1.99. The molecule has 138 valence electrons. The van der Waals surface area contributed by atoms with Crippen LogP contribution in [0.5, 0.6) is 5.75 Å². The molecule has 0 atom stereocenters. The first kappa shape index (κ1) is 18.9. The normalized spacial score (nSPS) is 15.7. The lowest BCUT2D eigenvalue weighted by Gasteiger charge is -2.34. The van der Waals surface area contributed by atoms with Crippen LogP contribution in [0.25, 0.3) is 0 Å². The Kier molecular flexibility index (Phi) is 5.64. The van der Waals surface area contributed by atoms with E-state index >= 15 is 0 Å². The van der Waals surface area contributed by atoms with Gasteiger partial charge in [0.2, 0.25) is 10.0 Å². The van der Waals surface area contributed by atoms with Crippen molar-refractivity contribution in [3.63, 3.8) is 0 Å². The average Bonchev–Trinajstić information content (AvgIpc) is 2.67. The van der Waals surface area contributed by atoms with E-state index in [1.807, 2.05) is 0 Å². The summed E-state index contributed by atoms with van der Waals surface area (Å²) in [5.74, 6) is 0.582. The lowest BCUT2D eigenvalue weighted by atomic mass is 10.2. The Morgan fingerprint density at radius 2 is 1.69 bits per heavy atom. The quantitative estimate of drug-likeness (QED) is 0.735. The largest absolute Gasteiger partial charge is 0.497 e. The van der Waals surface area contributed by atoms with Crippen LogP contribution in [-0.4, -0.2) is 56.8 Å². The van der Waals surface area contributed by atoms with Gasteiger partial charge in [-0.05, 0) is 42.5 Å². The minimum atomic E-state index is -3.56. The molecule has 1 aliphatic heterocycles. The lowest BCUT2D eigenvalue weighted by Crippen LogP contribution is -2.50. The number of hydrogen-bond donors (Lipinski definition) is 0. The van der Waals surface area contributed by atoms with Gasteiger partial charge in [-0.2, -0.15) is 4.31 Å². The van der Waals surface area contributed by atoms with Gasteiger partial charge in [0.15, 0.2) is 0 Å². The zero-order valence-corrected chi connectivity index (χ0v) is 16.7. The number of halogens is 1. The molecular weight excluding hydrogens is 420 g/mol. The summed E-state index contributed by atoms with van der Waals surface area (Å²) < 4.78 is 32.7. The molecule has 0 unspecified atom stereocenters. The van der Waals surface area contributed by atoms with Crippen LogP contribution in [0.3, 0.4) is 0 Å². The van der Waals surface area contributed by atoms with Gasteiger partial charge in [-0.25, -0.2) is 8.42 Å². The molecule has 3 rings (SSSR count). The maximum Gasteiger partial charge on any atom is 0.253 e. The summed E-state index contributed by atoms with van der Waals surface area (Å²) in [6.45, 7) is 1.27. The van der Waals surface area contributed by atoms with Crippen molar-refractivity contribution in [3.05, 3.63) is 58.6 Å². The van der Waals surface area contributed by atoms with Gasteiger partial charge in [0, 0.05) is 36.2 Å². The molecule has 0 N–H and O–H groups in total. The highest BCUT2D eigenvalue weighted by Crippen LogP contribution is 2.22. The number of nitrogens with zero attached hydrogens (tertiary/aromatic N) is 2. The number of rotatable bonds is 4. The second-order valence-electron chi connectivity index (χ2n) is 5.88. The van der Waals surface area contributed by atoms with E-state index in [1.54, 1.807) is 60.5 Å². The molecule has 8 heteroatoms. The SMILES string of the molecule is COc1ccc(C(=O)N2CCN(S(=O)(=O)c3cccc(Br)c3)CC2)cc1. The second kappa shape index (κ2) is 7.77. The highest BCUT2D eigenvalue weighted by atomic mass is 79.9. The third kappa shape index (κ3) is 3.92. The van der Waals surface area contributed by atoms with E-state index in [4.69, 9.17) is 4.74 Å². The monoisotopic (exact) mass is 438 g/mol. The molecule has 1 aliphatic rings. The molecule has 26 heavy (non-hydrogen) atoms. The van der Waals surface area contributed by atoms with Crippen molar-refractivity contribution >= 4 is 31.9 Å². The Morgan fingerprint density at radius 1 is 1.04 bits per heavy atom. The smallest absolute Gasteiger partial charge is 0.253 e. The Bertz CT molecular complexity index is 892. The van der Waals surface area contributed by atoms with Crippen molar-refractivity contribution in [2.45, 2.75) is 4.90 Å². The highest BCUT2D eigenvalue weighted by molar-refractivity contribution is 9.10. The van der Waals surface area contributed by atoms with Crippen molar-refractivity contribution in [2.75, 3.05) is 33.3 Å². The first-order chi connectivity index (χ1) is 12.4. The molecule has 2 aromatic rings. The second-order valence-corrected chi connectivity index (χ2v) is 8.74. The van der Waals surface area contributed by atoms with Gasteiger partial charge >= 0.3 is 0 Å². The predicted octanol–water partition coefficient (Wildman–Crippen LogP) is 2.60. The fourth-order valence-corrected chi connectivity index (χ4v) is 4.84. The van der Waals surface area contributed by atoms with Crippen molar-refractivity contribution in [1.82, 2.24) is 9.21 Å². The van der Waals surface area contributed by atoms with Gasteiger partial charge < -0.3 is 9.64 Å². The minimum Gasteiger partial charge on any atom is -0.497 e. The van der Waals surface area contributed by atoms with Crippen molar-refractivity contribution in [2.24, 2.45) is 0 Å². The van der Waals surface area contributed by atoms with Gasteiger partial charge in [-0.3, -0.25) is 4.79 Å². The third-order valence-corrected chi connectivity index (χ3v) is 6.68. The molecule has 1 heterocycles. The summed E-state index contributed by atoms with van der Waals surface area (Å²) in [5.41, 5.74) is 0.564. The predicted molar refractivity (Wildman–Crippen MR) is 102 cm³/mol. The molecule has 0 radical (unpaired) electrons. The molecule has 1 fully saturated rings. The summed E-state index contributed by atoms with van der Waals surface area (Å²) >= 11 is 3.30. The summed E-state index contributed by atoms with van der Waals surface area (Å²) in [5, 5.41) is 0. The topological polar surface area (TPSA) is 66.9 Å². The van der Waals surface area contributed by atoms with Gasteiger partial charge in [-0.1, -0.05) is 22.0 Å². The fraction of sp³-hybridized carbons (Fsp3) is 0.278. The maximum atomic E-state index is 12.7. The number of carbonyl (C=O) groups is 1. The number of methoxy groups -OCH3 is 1. The lowest BCUT2D eigenvalue weighted by molar-refractivity contribution is 0.0698. The van der Waals surface area contributed by atoms with E-state index in [0.717, 1.165) is 0 Å². The van der Waals surface area contributed by atoms with Crippen LogP contribution in [-0.2, 0) is 10.0 Å². The molecule has 1 saturated heterocycles. The maximum absolute atomic E-state index is 12.7. The van der Waals surface area contributed by atoms with Crippen molar-refractivity contribution in [3.8, 4) is 5.75 Å². The fourth-order valence-electron chi connectivity index (χ4n) is 2.82. The molecule has 1 amide bonds. The molecule has 0 spiro atoms. The minimum absolute atomic E-state index is 0.104. The number of amides is 1. The molecule has 2 aromatic carbocycles. The van der Waals surface area contributed by atoms with Crippen molar-refractivity contribution in [1.29, 1.82) is 0 Å². The molecule has 0 saturated carbocycles. The zero-order valence-electron chi connectivity index (χ0n) is 14.3. The number of hydrogen-bond acceptors (Lipinski definition) is 4. The van der Waals surface area contributed by atoms with Crippen LogP contribution >= 0.6 is 15.9 Å². The molecule has 0 aromatic heterocycles. The van der Waals surface area contributed by atoms with Crippen LogP contribution in [0.2, 0.25) is 0 Å². The van der Waals surface area contributed by atoms with Crippen LogP contribution in [0.4, 0.5) is 0 Å². The molecule has 6 nitrogen and oxygen atoms in total. The standard InChI is InChI=1S/C18H19BrN2O4S/c1-25-16-7-5-14(6-8-16)18(22)20-9-11-21(12-10-20)26(23,24)17-4-2-3-15(19)13-17/h2-8,13H,9-12H2,1H3. The summed E-state index contributed by atoms with van der Waals surface area (Å²) in [6.07, 6.45) is 0. The van der Waals surface area contributed by atoms with Gasteiger partial charge in [0.05, 0.1) is 12.0 Å². The van der Waals surface area contributed by atoms with Gasteiger partial charge in [0.25, 0.3) is 5.91 Å². The number of benzene rings is 2. The molecular formula is C18H19BrN2O4S. The van der Waals surface area contributed by atoms with E-state index in [9.17, 15) is 13.2 Å². The van der Waals surface area contributed by atoms with Crippen LogP contribution in [0.1, 0.15) is 10.4 Å². The number of piperazine rings is 1. The van der Waals surface area contributed by atoms with Crippen molar-refractivity contribution < 1.29 is 17.9 Å². The van der Waals surface area contributed by atoms with E-state index in [1.165, 1.54) is 4.31 Å². The first-order valence-electron chi connectivity index (χ1n) is 8.11. The summed E-state index contributed by atoms with van der Waals surface area (Å²) in [4.78, 5) is 14.5. The number of carbonyl (C=O) groups excluding carboxylic acids is 1. The number of sulfonamides is 1. The van der Waals surface area contributed by atoms with E-state index < -0.39 is 10.0 Å². The highest BCUT2D eigenvalue weighted by Gasteiger charge is 2.30. The van der Waals surface area contributed by atoms with Crippen LogP contribution in [0.15, 0.2) is 57.9 Å². The van der Waals surface area contributed by atoms with Crippen LogP contribution < -0.4 is 4.74 Å². The van der Waals surface area contributed by atoms with Gasteiger partial charge in [-0.15, -0.1) is 0 Å². The Balaban J connectivity index is 1.67. The Morgan fingerprint density at radius 3 is 2.27 bits per heavy atom. The molecule has 0 aliphatic carbocycles. The van der Waals surface area contributed by atoms with E-state index in [-0.39, 0.29) is 23.9 Å². The molecule has 0 bridgehead atoms. The van der Waals surface area contributed by atoms with E-state index in [2.05, 4.69) is 15.9 Å². The van der Waals surface area contributed by atoms with E-state index in [0.29, 0.717) is 28.9 Å². The third-order valence-electron chi connectivity index (χ3n) is 4.30. The summed E-state index contributed by atoms with van der Waals surface area (Å²) in [6, 6.07) is 13.5. The average molecular weight is 439 g/mol.